The van der Waals surface area contributed by atoms with Gasteiger partial charge in [0.1, 0.15) is 12.4 Å². The van der Waals surface area contributed by atoms with Crippen molar-refractivity contribution < 1.29 is 14.3 Å². The number of imidazole rings is 1. The average molecular weight is 366 g/mol. The molecule has 0 saturated carbocycles. The Kier molecular flexibility index (Phi) is 6.10. The van der Waals surface area contributed by atoms with Crippen molar-refractivity contribution in [3.8, 4) is 11.4 Å². The van der Waals surface area contributed by atoms with Crippen molar-refractivity contribution in [3.05, 3.63) is 83.0 Å². The van der Waals surface area contributed by atoms with Crippen LogP contribution in [-0.4, -0.2) is 21.7 Å². The molecule has 140 valence electrons. The third kappa shape index (κ3) is 4.88. The molecule has 0 atom stereocenters. The first-order valence-electron chi connectivity index (χ1n) is 8.88. The Balaban J connectivity index is 1.63. The lowest BCUT2D eigenvalue weighted by Crippen LogP contribution is -2.24. The normalized spacial score (nSPS) is 10.6. The highest BCUT2D eigenvalue weighted by atomic mass is 16.5. The van der Waals surface area contributed by atoms with Crippen molar-refractivity contribution in [1.82, 2.24) is 9.13 Å². The van der Waals surface area contributed by atoms with E-state index >= 15 is 0 Å². The van der Waals surface area contributed by atoms with Crippen molar-refractivity contribution in [3.63, 3.8) is 0 Å². The van der Waals surface area contributed by atoms with Gasteiger partial charge in [0.05, 0.1) is 18.7 Å². The van der Waals surface area contributed by atoms with Crippen LogP contribution in [0.2, 0.25) is 0 Å². The average Bonchev–Trinajstić information content (AvgIpc) is 3.07. The molecule has 0 spiro atoms. The highest BCUT2D eigenvalue weighted by molar-refractivity contribution is 5.69. The van der Waals surface area contributed by atoms with Crippen molar-refractivity contribution >= 4 is 5.97 Å². The van der Waals surface area contributed by atoms with Gasteiger partial charge >= 0.3 is 11.7 Å². The summed E-state index contributed by atoms with van der Waals surface area (Å²) >= 11 is 0. The number of aromatic nitrogens is 2. The molecule has 0 saturated heterocycles. The van der Waals surface area contributed by atoms with Gasteiger partial charge < -0.3 is 9.47 Å². The van der Waals surface area contributed by atoms with Gasteiger partial charge in [-0.1, -0.05) is 30.3 Å². The molecule has 3 aromatic rings. The number of aryl methyl sites for hydroxylation is 1. The van der Waals surface area contributed by atoms with Gasteiger partial charge in [0.15, 0.2) is 0 Å². The van der Waals surface area contributed by atoms with E-state index in [0.29, 0.717) is 19.8 Å². The molecule has 0 aliphatic heterocycles. The summed E-state index contributed by atoms with van der Waals surface area (Å²) in [5, 5.41) is 0. The van der Waals surface area contributed by atoms with Crippen LogP contribution in [0.4, 0.5) is 0 Å². The smallest absolute Gasteiger partial charge is 0.332 e. The van der Waals surface area contributed by atoms with Crippen LogP contribution < -0.4 is 10.4 Å². The standard InChI is InChI=1S/C21H22N2O4/c1-2-26-20(24)12-13-22-14-15-23(21(22)25)18-8-10-19(11-9-18)27-16-17-6-4-3-5-7-17/h3-11,14-15H,2,12-13,16H2,1H3. The highest BCUT2D eigenvalue weighted by Crippen LogP contribution is 2.16. The predicted molar refractivity (Wildman–Crippen MR) is 102 cm³/mol. The monoisotopic (exact) mass is 366 g/mol. The summed E-state index contributed by atoms with van der Waals surface area (Å²) in [5.74, 6) is 0.425. The van der Waals surface area contributed by atoms with Crippen LogP contribution in [0.1, 0.15) is 18.9 Å². The lowest BCUT2D eigenvalue weighted by molar-refractivity contribution is -0.143. The molecule has 1 aromatic heterocycles. The first kappa shape index (κ1) is 18.5. The topological polar surface area (TPSA) is 62.5 Å². The van der Waals surface area contributed by atoms with E-state index < -0.39 is 0 Å². The molecule has 1 heterocycles. The van der Waals surface area contributed by atoms with Crippen LogP contribution in [-0.2, 0) is 22.7 Å². The minimum absolute atomic E-state index is 0.171. The van der Waals surface area contributed by atoms with Crippen LogP contribution >= 0.6 is 0 Å². The predicted octanol–water partition coefficient (Wildman–Crippen LogP) is 3.17. The Labute approximate surface area is 157 Å². The van der Waals surface area contributed by atoms with E-state index in [2.05, 4.69) is 0 Å². The number of benzene rings is 2. The number of hydrogen-bond donors (Lipinski definition) is 0. The van der Waals surface area contributed by atoms with E-state index in [0.717, 1.165) is 17.0 Å². The lowest BCUT2D eigenvalue weighted by atomic mass is 10.2. The van der Waals surface area contributed by atoms with Gasteiger partial charge in [0, 0.05) is 18.9 Å². The Morgan fingerprint density at radius 1 is 1.00 bits per heavy atom. The van der Waals surface area contributed by atoms with Crippen LogP contribution in [0.15, 0.2) is 71.8 Å². The van der Waals surface area contributed by atoms with E-state index in [-0.39, 0.29) is 18.1 Å². The Morgan fingerprint density at radius 3 is 2.44 bits per heavy atom. The Hall–Kier alpha value is -3.28. The van der Waals surface area contributed by atoms with Crippen LogP contribution in [0.3, 0.4) is 0 Å². The molecule has 0 aliphatic carbocycles. The number of rotatable bonds is 8. The van der Waals surface area contributed by atoms with Gasteiger partial charge in [-0.2, -0.15) is 0 Å². The number of esters is 1. The van der Waals surface area contributed by atoms with Crippen molar-refractivity contribution in [2.45, 2.75) is 26.5 Å². The quantitative estimate of drug-likeness (QED) is 0.575. The molecule has 0 aliphatic rings. The van der Waals surface area contributed by atoms with Crippen LogP contribution in [0, 0.1) is 0 Å². The molecule has 3 rings (SSSR count). The maximum Gasteiger partial charge on any atom is 0.332 e. The summed E-state index contributed by atoms with van der Waals surface area (Å²) in [6.45, 7) is 2.88. The molecule has 6 nitrogen and oxygen atoms in total. The molecule has 0 amide bonds. The summed E-state index contributed by atoms with van der Waals surface area (Å²) in [6, 6.07) is 17.3. The fourth-order valence-electron chi connectivity index (χ4n) is 2.67. The number of ether oxygens (including phenoxy) is 2. The zero-order valence-corrected chi connectivity index (χ0v) is 15.2. The number of carbonyl (C=O) groups excluding carboxylic acids is 1. The fraction of sp³-hybridized carbons (Fsp3) is 0.238. The van der Waals surface area contributed by atoms with E-state index in [1.165, 1.54) is 9.13 Å². The fourth-order valence-corrected chi connectivity index (χ4v) is 2.67. The summed E-state index contributed by atoms with van der Waals surface area (Å²) < 4.78 is 13.7. The number of carbonyl (C=O) groups is 1. The zero-order chi connectivity index (χ0) is 19.1. The largest absolute Gasteiger partial charge is 0.489 e. The van der Waals surface area contributed by atoms with Gasteiger partial charge in [-0.15, -0.1) is 0 Å². The first-order valence-corrected chi connectivity index (χ1v) is 8.88. The second-order valence-electron chi connectivity index (χ2n) is 5.97. The van der Waals surface area contributed by atoms with Crippen molar-refractivity contribution in [2.24, 2.45) is 0 Å². The number of hydrogen-bond acceptors (Lipinski definition) is 4. The summed E-state index contributed by atoms with van der Waals surface area (Å²) in [4.78, 5) is 23.9. The molecule has 27 heavy (non-hydrogen) atoms. The van der Waals surface area contributed by atoms with Gasteiger partial charge in [-0.3, -0.25) is 13.9 Å². The molecular formula is C21H22N2O4. The molecule has 0 fully saturated rings. The second kappa shape index (κ2) is 8.89. The summed E-state index contributed by atoms with van der Waals surface area (Å²) in [6.07, 6.45) is 3.53. The summed E-state index contributed by atoms with van der Waals surface area (Å²) in [7, 11) is 0. The van der Waals surface area contributed by atoms with Gasteiger partial charge in [-0.05, 0) is 36.8 Å². The van der Waals surface area contributed by atoms with E-state index in [1.807, 2.05) is 54.6 Å². The van der Waals surface area contributed by atoms with Crippen molar-refractivity contribution in [1.29, 1.82) is 0 Å². The minimum atomic E-state index is -0.308. The van der Waals surface area contributed by atoms with Crippen LogP contribution in [0.5, 0.6) is 5.75 Å². The number of nitrogens with zero attached hydrogens (tertiary/aromatic N) is 2. The second-order valence-corrected chi connectivity index (χ2v) is 5.97. The maximum atomic E-state index is 12.5. The van der Waals surface area contributed by atoms with Gasteiger partial charge in [0.2, 0.25) is 0 Å². The first-order chi connectivity index (χ1) is 13.2. The third-order valence-corrected chi connectivity index (χ3v) is 4.07. The third-order valence-electron chi connectivity index (χ3n) is 4.07. The van der Waals surface area contributed by atoms with Gasteiger partial charge in [0.25, 0.3) is 0 Å². The molecule has 0 unspecified atom stereocenters. The molecular weight excluding hydrogens is 344 g/mol. The van der Waals surface area contributed by atoms with Crippen molar-refractivity contribution in [2.75, 3.05) is 6.61 Å². The van der Waals surface area contributed by atoms with Crippen LogP contribution in [0.25, 0.3) is 5.69 Å². The SMILES string of the molecule is CCOC(=O)CCn1ccn(-c2ccc(OCc3ccccc3)cc2)c1=O. The maximum absolute atomic E-state index is 12.5. The molecule has 0 radical (unpaired) electrons. The molecule has 6 heteroatoms. The Morgan fingerprint density at radius 2 is 1.74 bits per heavy atom. The zero-order valence-electron chi connectivity index (χ0n) is 15.2. The molecule has 2 aromatic carbocycles. The molecule has 0 N–H and O–H groups in total. The lowest BCUT2D eigenvalue weighted by Gasteiger charge is -2.07. The highest BCUT2D eigenvalue weighted by Gasteiger charge is 2.08. The Bertz CT molecular complexity index is 927. The van der Waals surface area contributed by atoms with E-state index in [9.17, 15) is 9.59 Å². The van der Waals surface area contributed by atoms with Gasteiger partial charge in [-0.25, -0.2) is 4.79 Å². The molecule has 0 bridgehead atoms. The van der Waals surface area contributed by atoms with E-state index in [1.54, 1.807) is 19.3 Å². The van der Waals surface area contributed by atoms with E-state index in [4.69, 9.17) is 9.47 Å². The summed E-state index contributed by atoms with van der Waals surface area (Å²) in [5.41, 5.74) is 1.63. The minimum Gasteiger partial charge on any atom is -0.489 e.